The van der Waals surface area contributed by atoms with Crippen LogP contribution in [0.4, 0.5) is 14.5 Å². The fraction of sp³-hybridized carbons (Fsp3) is 0.0556. The maximum Gasteiger partial charge on any atom is 0.151 e. The van der Waals surface area contributed by atoms with E-state index in [9.17, 15) is 8.78 Å². The number of aryl methyl sites for hydroxylation is 1. The highest BCUT2D eigenvalue weighted by atomic mass is 35.5. The molecule has 3 aromatic rings. The molecule has 0 amide bonds. The fourth-order valence-electron chi connectivity index (χ4n) is 2.19. The molecule has 1 heterocycles. The summed E-state index contributed by atoms with van der Waals surface area (Å²) in [4.78, 5) is 4.10. The monoisotopic (exact) mass is 330 g/mol. The fourth-order valence-corrected chi connectivity index (χ4v) is 2.36. The molecule has 23 heavy (non-hydrogen) atoms. The topological polar surface area (TPSA) is 17.3 Å². The van der Waals surface area contributed by atoms with E-state index in [2.05, 4.69) is 4.99 Å². The van der Waals surface area contributed by atoms with Gasteiger partial charge in [0.2, 0.25) is 0 Å². The highest BCUT2D eigenvalue weighted by Crippen LogP contribution is 2.22. The summed E-state index contributed by atoms with van der Waals surface area (Å²) in [6.07, 6.45) is 3.40. The molecule has 2 nitrogen and oxygen atoms in total. The van der Waals surface area contributed by atoms with Gasteiger partial charge < -0.3 is 4.57 Å². The molecule has 2 aromatic carbocycles. The van der Waals surface area contributed by atoms with Gasteiger partial charge in [-0.05, 0) is 48.9 Å². The van der Waals surface area contributed by atoms with E-state index >= 15 is 0 Å². The van der Waals surface area contributed by atoms with Gasteiger partial charge in [-0.25, -0.2) is 8.78 Å². The minimum Gasteiger partial charge on any atom is -0.316 e. The number of hydrogen-bond donors (Lipinski definition) is 0. The predicted octanol–water partition coefficient (Wildman–Crippen LogP) is 5.47. The average Bonchev–Trinajstić information content (AvgIpc) is 2.98. The van der Waals surface area contributed by atoms with E-state index in [1.807, 2.05) is 48.0 Å². The molecule has 0 unspecified atom stereocenters. The lowest BCUT2D eigenvalue weighted by molar-refractivity contribution is 0.585. The van der Waals surface area contributed by atoms with Gasteiger partial charge in [-0.3, -0.25) is 4.99 Å². The van der Waals surface area contributed by atoms with Crippen LogP contribution in [0.1, 0.15) is 11.3 Å². The molecule has 0 aliphatic rings. The predicted molar refractivity (Wildman–Crippen MR) is 89.1 cm³/mol. The Morgan fingerprint density at radius 2 is 1.91 bits per heavy atom. The molecular weight excluding hydrogens is 318 g/mol. The average molecular weight is 331 g/mol. The summed E-state index contributed by atoms with van der Waals surface area (Å²) in [6, 6.07) is 12.7. The quantitative estimate of drug-likeness (QED) is 0.567. The van der Waals surface area contributed by atoms with Crippen molar-refractivity contribution in [2.45, 2.75) is 6.92 Å². The van der Waals surface area contributed by atoms with Gasteiger partial charge in [0.1, 0.15) is 5.82 Å². The highest BCUT2D eigenvalue weighted by molar-refractivity contribution is 6.31. The zero-order valence-corrected chi connectivity index (χ0v) is 13.1. The first-order chi connectivity index (χ1) is 11.0. The lowest BCUT2D eigenvalue weighted by Crippen LogP contribution is -1.98. The minimum atomic E-state index is -0.697. The van der Waals surface area contributed by atoms with E-state index in [1.54, 1.807) is 0 Å². The summed E-state index contributed by atoms with van der Waals surface area (Å²) in [5, 5.41) is 0.670. The first-order valence-electron chi connectivity index (χ1n) is 6.97. The Morgan fingerprint density at radius 1 is 1.09 bits per heavy atom. The summed E-state index contributed by atoms with van der Waals surface area (Å²) in [7, 11) is 0. The number of rotatable bonds is 3. The Bertz CT molecular complexity index is 884. The molecule has 0 fully saturated rings. The van der Waals surface area contributed by atoms with Crippen LogP contribution in [0.3, 0.4) is 0 Å². The number of aromatic nitrogens is 1. The van der Waals surface area contributed by atoms with Crippen LogP contribution < -0.4 is 0 Å². The smallest absolute Gasteiger partial charge is 0.151 e. The molecule has 0 aliphatic heterocycles. The van der Waals surface area contributed by atoms with Crippen molar-refractivity contribution in [3.63, 3.8) is 0 Å². The maximum atomic E-state index is 13.6. The van der Waals surface area contributed by atoms with Crippen LogP contribution in [0, 0.1) is 18.6 Å². The molecule has 1 aromatic heterocycles. The Morgan fingerprint density at radius 3 is 2.65 bits per heavy atom. The lowest BCUT2D eigenvalue weighted by Gasteiger charge is -2.08. The normalized spacial score (nSPS) is 11.3. The van der Waals surface area contributed by atoms with Crippen molar-refractivity contribution >= 4 is 23.5 Å². The third kappa shape index (κ3) is 3.32. The van der Waals surface area contributed by atoms with Crippen molar-refractivity contribution in [3.05, 3.63) is 82.6 Å². The molecule has 0 bridgehead atoms. The summed E-state index contributed by atoms with van der Waals surface area (Å²) in [6.45, 7) is 1.93. The first-order valence-corrected chi connectivity index (χ1v) is 7.35. The molecule has 3 rings (SSSR count). The zero-order chi connectivity index (χ0) is 16.4. The number of benzene rings is 2. The van der Waals surface area contributed by atoms with Crippen molar-refractivity contribution in [2.75, 3.05) is 0 Å². The van der Waals surface area contributed by atoms with Crippen molar-refractivity contribution < 1.29 is 8.78 Å². The third-order valence-corrected chi connectivity index (χ3v) is 3.87. The van der Waals surface area contributed by atoms with E-state index in [0.29, 0.717) is 5.02 Å². The maximum absolute atomic E-state index is 13.6. The van der Waals surface area contributed by atoms with Crippen molar-refractivity contribution in [1.29, 1.82) is 0 Å². The molecule has 0 N–H and O–H groups in total. The molecule has 116 valence electrons. The highest BCUT2D eigenvalue weighted by Gasteiger charge is 2.05. The molecule has 0 radical (unpaired) electrons. The van der Waals surface area contributed by atoms with Crippen molar-refractivity contribution in [3.8, 4) is 5.69 Å². The van der Waals surface area contributed by atoms with Gasteiger partial charge in [-0.1, -0.05) is 17.7 Å². The second-order valence-electron chi connectivity index (χ2n) is 5.09. The second-order valence-corrected chi connectivity index (χ2v) is 5.50. The largest absolute Gasteiger partial charge is 0.316 e. The standard InChI is InChI=1S/C18H13ClF2N2/c1-12-4-6-14(10-16(12)19)23-8-2-3-15(23)11-22-18-7-5-13(20)9-17(18)21/h2-11H,1H3. The van der Waals surface area contributed by atoms with E-state index in [-0.39, 0.29) is 5.69 Å². The van der Waals surface area contributed by atoms with Crippen LogP contribution in [0.2, 0.25) is 5.02 Å². The van der Waals surface area contributed by atoms with Gasteiger partial charge >= 0.3 is 0 Å². The molecule has 0 aliphatic carbocycles. The molecule has 0 atom stereocenters. The SMILES string of the molecule is Cc1ccc(-n2cccc2C=Nc2ccc(F)cc2F)cc1Cl. The number of halogens is 3. The Labute approximate surface area is 137 Å². The minimum absolute atomic E-state index is 0.0843. The second kappa shape index (κ2) is 6.34. The van der Waals surface area contributed by atoms with Crippen molar-refractivity contribution in [1.82, 2.24) is 4.57 Å². The summed E-state index contributed by atoms with van der Waals surface area (Å²) in [5.41, 5.74) is 2.72. The van der Waals surface area contributed by atoms with E-state index in [4.69, 9.17) is 11.6 Å². The summed E-state index contributed by atoms with van der Waals surface area (Å²) < 4.78 is 28.4. The van der Waals surface area contributed by atoms with Gasteiger partial charge in [0.05, 0.1) is 17.6 Å². The van der Waals surface area contributed by atoms with Gasteiger partial charge in [0, 0.05) is 23.0 Å². The Kier molecular flexibility index (Phi) is 4.26. The molecule has 5 heteroatoms. The van der Waals surface area contributed by atoms with Crippen LogP contribution in [0.15, 0.2) is 59.7 Å². The number of hydrogen-bond acceptors (Lipinski definition) is 1. The van der Waals surface area contributed by atoms with Crippen LogP contribution in [0.25, 0.3) is 5.69 Å². The summed E-state index contributed by atoms with van der Waals surface area (Å²) >= 11 is 6.16. The van der Waals surface area contributed by atoms with E-state index < -0.39 is 11.6 Å². The molecular formula is C18H13ClF2N2. The number of nitrogens with zero attached hydrogens (tertiary/aromatic N) is 2. The third-order valence-electron chi connectivity index (χ3n) is 3.46. The molecule has 0 spiro atoms. The van der Waals surface area contributed by atoms with Gasteiger partial charge in [-0.15, -0.1) is 0 Å². The van der Waals surface area contributed by atoms with Crippen LogP contribution in [0.5, 0.6) is 0 Å². The van der Waals surface area contributed by atoms with Gasteiger partial charge in [-0.2, -0.15) is 0 Å². The lowest BCUT2D eigenvalue weighted by atomic mass is 10.2. The van der Waals surface area contributed by atoms with Crippen LogP contribution in [-0.2, 0) is 0 Å². The van der Waals surface area contributed by atoms with Gasteiger partial charge in [0.25, 0.3) is 0 Å². The molecule has 0 saturated carbocycles. The molecule has 0 saturated heterocycles. The van der Waals surface area contributed by atoms with Crippen LogP contribution >= 0.6 is 11.6 Å². The van der Waals surface area contributed by atoms with E-state index in [0.717, 1.165) is 23.0 Å². The Balaban J connectivity index is 1.94. The van der Waals surface area contributed by atoms with Crippen LogP contribution in [-0.4, -0.2) is 10.8 Å². The Hall–Kier alpha value is -2.46. The van der Waals surface area contributed by atoms with E-state index in [1.165, 1.54) is 18.3 Å². The first kappa shape index (κ1) is 15.4. The van der Waals surface area contributed by atoms with Gasteiger partial charge in [0.15, 0.2) is 5.82 Å². The number of aliphatic imine (C=N–C) groups is 1. The zero-order valence-electron chi connectivity index (χ0n) is 12.3. The summed E-state index contributed by atoms with van der Waals surface area (Å²) in [5.74, 6) is -1.32. The van der Waals surface area contributed by atoms with Crippen molar-refractivity contribution in [2.24, 2.45) is 4.99 Å².